The molecule has 0 aliphatic heterocycles. The zero-order valence-corrected chi connectivity index (χ0v) is 16.5. The number of aryl methyl sites for hydroxylation is 1. The molecule has 7 heteroatoms. The molecule has 0 spiro atoms. The Morgan fingerprint density at radius 1 is 0.968 bits per heavy atom. The number of urea groups is 1. The Kier molecular flexibility index (Phi) is 5.69. The van der Waals surface area contributed by atoms with Gasteiger partial charge in [-0.2, -0.15) is 13.2 Å². The third kappa shape index (κ3) is 4.72. The third-order valence-electron chi connectivity index (χ3n) is 5.37. The maximum absolute atomic E-state index is 13.4. The SMILES string of the molecule is O=C(Nc1cccc(-c2ccccc2C(F)(F)F)c1)Nc1cccc2c1CC(O)CC2. The number of aliphatic hydroxyl groups excluding tert-OH is 1. The molecular formula is C24H21F3N2O2. The lowest BCUT2D eigenvalue weighted by Gasteiger charge is -2.23. The molecule has 31 heavy (non-hydrogen) atoms. The van der Waals surface area contributed by atoms with Crippen molar-refractivity contribution >= 4 is 17.4 Å². The van der Waals surface area contributed by atoms with Crippen molar-refractivity contribution in [2.75, 3.05) is 10.6 Å². The van der Waals surface area contributed by atoms with Crippen molar-refractivity contribution in [1.29, 1.82) is 0 Å². The highest BCUT2D eigenvalue weighted by Gasteiger charge is 2.33. The Labute approximate surface area is 177 Å². The van der Waals surface area contributed by atoms with E-state index in [0.29, 0.717) is 29.8 Å². The Morgan fingerprint density at radius 3 is 2.55 bits per heavy atom. The lowest BCUT2D eigenvalue weighted by molar-refractivity contribution is -0.137. The van der Waals surface area contributed by atoms with Gasteiger partial charge >= 0.3 is 12.2 Å². The van der Waals surface area contributed by atoms with E-state index in [1.807, 2.05) is 12.1 Å². The van der Waals surface area contributed by atoms with Crippen LogP contribution in [-0.4, -0.2) is 17.2 Å². The number of fused-ring (bicyclic) bond motifs is 1. The van der Waals surface area contributed by atoms with Gasteiger partial charge in [-0.05, 0) is 59.4 Å². The molecule has 3 aromatic rings. The lowest BCUT2D eigenvalue weighted by atomic mass is 9.88. The van der Waals surface area contributed by atoms with Gasteiger partial charge in [-0.3, -0.25) is 0 Å². The molecule has 1 atom stereocenters. The second-order valence-corrected chi connectivity index (χ2v) is 7.54. The molecule has 0 heterocycles. The molecule has 3 aromatic carbocycles. The third-order valence-corrected chi connectivity index (χ3v) is 5.37. The van der Waals surface area contributed by atoms with Gasteiger partial charge in [0, 0.05) is 17.8 Å². The molecule has 3 N–H and O–H groups in total. The number of carbonyl (C=O) groups excluding carboxylic acids is 1. The summed E-state index contributed by atoms with van der Waals surface area (Å²) in [5.41, 5.74) is 2.66. The van der Waals surface area contributed by atoms with Crippen LogP contribution in [0.15, 0.2) is 66.7 Å². The standard InChI is InChI=1S/C24H21F3N2O2/c25-24(26,27)21-9-2-1-8-19(21)16-6-3-7-17(13-16)28-23(31)29-22-10-4-5-15-11-12-18(30)14-20(15)22/h1-10,13,18,30H,11-12,14H2,(H2,28,29,31). The largest absolute Gasteiger partial charge is 0.417 e. The molecule has 160 valence electrons. The Morgan fingerprint density at radius 2 is 1.74 bits per heavy atom. The van der Waals surface area contributed by atoms with Gasteiger partial charge in [-0.15, -0.1) is 0 Å². The van der Waals surface area contributed by atoms with E-state index in [1.54, 1.807) is 30.3 Å². The number of amides is 2. The molecule has 1 unspecified atom stereocenters. The van der Waals surface area contributed by atoms with Crippen molar-refractivity contribution in [3.8, 4) is 11.1 Å². The quantitative estimate of drug-likeness (QED) is 0.491. The summed E-state index contributed by atoms with van der Waals surface area (Å²) in [6.45, 7) is 0. The first-order valence-corrected chi connectivity index (χ1v) is 9.95. The molecule has 0 fully saturated rings. The van der Waals surface area contributed by atoms with E-state index in [0.717, 1.165) is 23.6 Å². The molecule has 2 amide bonds. The highest BCUT2D eigenvalue weighted by molar-refractivity contribution is 6.00. The van der Waals surface area contributed by atoms with Gasteiger partial charge < -0.3 is 15.7 Å². The Balaban J connectivity index is 1.54. The van der Waals surface area contributed by atoms with Crippen LogP contribution in [0.4, 0.5) is 29.3 Å². The van der Waals surface area contributed by atoms with E-state index >= 15 is 0 Å². The number of hydrogen-bond donors (Lipinski definition) is 3. The summed E-state index contributed by atoms with van der Waals surface area (Å²) in [6.07, 6.45) is -3.02. The number of halogens is 3. The molecular weight excluding hydrogens is 405 g/mol. The fourth-order valence-corrected chi connectivity index (χ4v) is 3.92. The van der Waals surface area contributed by atoms with Gasteiger partial charge in [0.1, 0.15) is 0 Å². The molecule has 0 bridgehead atoms. The van der Waals surface area contributed by atoms with Crippen molar-refractivity contribution < 1.29 is 23.1 Å². The highest BCUT2D eigenvalue weighted by Crippen LogP contribution is 2.37. The van der Waals surface area contributed by atoms with Crippen LogP contribution in [-0.2, 0) is 19.0 Å². The molecule has 1 aliphatic carbocycles. The smallest absolute Gasteiger partial charge is 0.393 e. The maximum Gasteiger partial charge on any atom is 0.417 e. The summed E-state index contributed by atoms with van der Waals surface area (Å²) >= 11 is 0. The number of carbonyl (C=O) groups is 1. The minimum absolute atomic E-state index is 0.0465. The minimum Gasteiger partial charge on any atom is -0.393 e. The zero-order chi connectivity index (χ0) is 22.0. The van der Waals surface area contributed by atoms with Gasteiger partial charge in [0.15, 0.2) is 0 Å². The number of nitrogens with one attached hydrogen (secondary N) is 2. The Bertz CT molecular complexity index is 1110. The van der Waals surface area contributed by atoms with E-state index < -0.39 is 23.9 Å². The molecule has 0 saturated heterocycles. The number of hydrogen-bond acceptors (Lipinski definition) is 2. The number of rotatable bonds is 3. The van der Waals surface area contributed by atoms with Crippen LogP contribution < -0.4 is 10.6 Å². The summed E-state index contributed by atoms with van der Waals surface area (Å²) in [5, 5.41) is 15.4. The molecule has 1 aliphatic rings. The molecule has 4 nitrogen and oxygen atoms in total. The van der Waals surface area contributed by atoms with E-state index in [4.69, 9.17) is 0 Å². The summed E-state index contributed by atoms with van der Waals surface area (Å²) in [7, 11) is 0. The first-order chi connectivity index (χ1) is 14.8. The number of benzene rings is 3. The summed E-state index contributed by atoms with van der Waals surface area (Å²) in [6, 6.07) is 16.7. The fraction of sp³-hybridized carbons (Fsp3) is 0.208. The van der Waals surface area contributed by atoms with Gasteiger partial charge in [-0.25, -0.2) is 4.79 Å². The van der Waals surface area contributed by atoms with E-state index in [1.165, 1.54) is 18.2 Å². The monoisotopic (exact) mass is 426 g/mol. The average Bonchev–Trinajstić information content (AvgIpc) is 2.74. The molecule has 0 radical (unpaired) electrons. The van der Waals surface area contributed by atoms with Gasteiger partial charge in [0.05, 0.1) is 11.7 Å². The zero-order valence-electron chi connectivity index (χ0n) is 16.5. The van der Waals surface area contributed by atoms with Crippen molar-refractivity contribution in [3.63, 3.8) is 0 Å². The minimum atomic E-state index is -4.48. The topological polar surface area (TPSA) is 61.4 Å². The highest BCUT2D eigenvalue weighted by atomic mass is 19.4. The predicted molar refractivity (Wildman–Crippen MR) is 114 cm³/mol. The van der Waals surface area contributed by atoms with Crippen LogP contribution in [0.1, 0.15) is 23.1 Å². The molecule has 0 saturated carbocycles. The van der Waals surface area contributed by atoms with Gasteiger partial charge in [0.2, 0.25) is 0 Å². The van der Waals surface area contributed by atoms with Gasteiger partial charge in [-0.1, -0.05) is 42.5 Å². The Hall–Kier alpha value is -3.32. The predicted octanol–water partition coefficient (Wildman–Crippen LogP) is 5.87. The van der Waals surface area contributed by atoms with Crippen LogP contribution in [0, 0.1) is 0 Å². The average molecular weight is 426 g/mol. The van der Waals surface area contributed by atoms with Crippen molar-refractivity contribution in [1.82, 2.24) is 0 Å². The normalized spacial score (nSPS) is 15.8. The van der Waals surface area contributed by atoms with Crippen LogP contribution >= 0.6 is 0 Å². The van der Waals surface area contributed by atoms with E-state index in [2.05, 4.69) is 10.6 Å². The van der Waals surface area contributed by atoms with Crippen LogP contribution in [0.25, 0.3) is 11.1 Å². The van der Waals surface area contributed by atoms with Crippen molar-refractivity contribution in [2.45, 2.75) is 31.5 Å². The van der Waals surface area contributed by atoms with E-state index in [9.17, 15) is 23.1 Å². The van der Waals surface area contributed by atoms with E-state index in [-0.39, 0.29) is 5.56 Å². The lowest BCUT2D eigenvalue weighted by Crippen LogP contribution is -2.24. The van der Waals surface area contributed by atoms with Crippen molar-refractivity contribution in [3.05, 3.63) is 83.4 Å². The van der Waals surface area contributed by atoms with Crippen molar-refractivity contribution in [2.24, 2.45) is 0 Å². The van der Waals surface area contributed by atoms with Crippen LogP contribution in [0.3, 0.4) is 0 Å². The summed E-state index contributed by atoms with van der Waals surface area (Å²) < 4.78 is 40.1. The van der Waals surface area contributed by atoms with Crippen LogP contribution in [0.2, 0.25) is 0 Å². The first-order valence-electron chi connectivity index (χ1n) is 9.95. The number of anilines is 2. The summed E-state index contributed by atoms with van der Waals surface area (Å²) in [4.78, 5) is 12.6. The first kappa shape index (κ1) is 20.9. The number of aliphatic hydroxyl groups is 1. The molecule has 0 aromatic heterocycles. The molecule has 4 rings (SSSR count). The van der Waals surface area contributed by atoms with Gasteiger partial charge in [0.25, 0.3) is 0 Å². The maximum atomic E-state index is 13.4. The number of alkyl halides is 3. The fourth-order valence-electron chi connectivity index (χ4n) is 3.92. The second kappa shape index (κ2) is 8.43. The van der Waals surface area contributed by atoms with Crippen LogP contribution in [0.5, 0.6) is 0 Å². The second-order valence-electron chi connectivity index (χ2n) is 7.54. The summed E-state index contributed by atoms with van der Waals surface area (Å²) in [5.74, 6) is 0.